The summed E-state index contributed by atoms with van der Waals surface area (Å²) in [7, 11) is 0. The molecule has 3 saturated heterocycles. The van der Waals surface area contributed by atoms with Crippen molar-refractivity contribution in [1.29, 1.82) is 0 Å². The van der Waals surface area contributed by atoms with Crippen molar-refractivity contribution in [1.82, 2.24) is 30.0 Å². The van der Waals surface area contributed by atoms with Crippen LogP contribution in [0.1, 0.15) is 181 Å². The third-order valence-corrected chi connectivity index (χ3v) is 15.4. The van der Waals surface area contributed by atoms with E-state index in [0.29, 0.717) is 35.6 Å². The molecule has 0 bridgehead atoms. The molecule has 9 heteroatoms. The molecule has 3 aliphatic rings. The van der Waals surface area contributed by atoms with Gasteiger partial charge >= 0.3 is 0 Å². The highest BCUT2D eigenvalue weighted by atomic mass is 15.7. The minimum absolute atomic E-state index is 0.0151. The average Bonchev–Trinajstić information content (AvgIpc) is 3.09. The van der Waals surface area contributed by atoms with Crippen LogP contribution in [0.2, 0.25) is 0 Å². The van der Waals surface area contributed by atoms with Crippen LogP contribution < -0.4 is 16.3 Å². The second kappa shape index (κ2) is 14.1. The zero-order chi connectivity index (χ0) is 35.9. The summed E-state index contributed by atoms with van der Waals surface area (Å²) in [4.78, 5) is 15.6. The second-order valence-electron chi connectivity index (χ2n) is 17.7. The maximum absolute atomic E-state index is 5.21. The summed E-state index contributed by atoms with van der Waals surface area (Å²) < 4.78 is 0. The van der Waals surface area contributed by atoms with Gasteiger partial charge in [0.15, 0.2) is 0 Å². The highest BCUT2D eigenvalue weighted by molar-refractivity contribution is 5.42. The van der Waals surface area contributed by atoms with Crippen LogP contribution in [-0.2, 0) is 0 Å². The van der Waals surface area contributed by atoms with E-state index in [1.54, 1.807) is 0 Å². The van der Waals surface area contributed by atoms with Crippen LogP contribution in [0, 0.1) is 17.8 Å². The van der Waals surface area contributed by atoms with Gasteiger partial charge in [-0.25, -0.2) is 15.0 Å². The van der Waals surface area contributed by atoms with Crippen molar-refractivity contribution in [3.05, 3.63) is 0 Å². The lowest BCUT2D eigenvalue weighted by molar-refractivity contribution is -0.0655. The lowest BCUT2D eigenvalue weighted by atomic mass is 9.71. The maximum atomic E-state index is 5.21. The molecule has 0 aromatic carbocycles. The minimum Gasteiger partial charge on any atom is -0.286 e. The fourth-order valence-corrected chi connectivity index (χ4v) is 9.50. The van der Waals surface area contributed by atoms with Gasteiger partial charge in [-0.3, -0.25) is 16.3 Å². The number of piperidine rings is 3. The van der Waals surface area contributed by atoms with Crippen LogP contribution in [0.4, 0.5) is 17.8 Å². The van der Waals surface area contributed by atoms with Crippen molar-refractivity contribution in [3.8, 4) is 0 Å². The molecule has 1 aromatic rings. The SMILES string of the molecule is CCC1(C)CCC(C)C(C)(CC)N1Nc1nc(NN2C(C)(CC)CCC(C)C2(C)CC)nc(NN2C(C)(CC)CCC(C)C2(C)CC)n1. The number of aromatic nitrogens is 3. The van der Waals surface area contributed by atoms with E-state index in [-0.39, 0.29) is 33.2 Å². The van der Waals surface area contributed by atoms with Crippen LogP contribution in [0.5, 0.6) is 0 Å². The Morgan fingerprint density at radius 3 is 0.875 bits per heavy atom. The van der Waals surface area contributed by atoms with E-state index < -0.39 is 0 Å². The summed E-state index contributed by atoms with van der Waals surface area (Å²) in [5, 5.41) is 7.55. The molecule has 4 rings (SSSR count). The monoisotopic (exact) mass is 670 g/mol. The zero-order valence-corrected chi connectivity index (χ0v) is 33.9. The van der Waals surface area contributed by atoms with Gasteiger partial charge in [0.1, 0.15) is 0 Å². The number of anilines is 3. The summed E-state index contributed by atoms with van der Waals surface area (Å²) >= 11 is 0. The fourth-order valence-electron chi connectivity index (χ4n) is 9.50. The largest absolute Gasteiger partial charge is 0.286 e. The van der Waals surface area contributed by atoms with Gasteiger partial charge < -0.3 is 0 Å². The maximum Gasteiger partial charge on any atom is 0.244 e. The molecule has 0 spiro atoms. The number of hydrazine groups is 3. The lowest BCUT2D eigenvalue weighted by Crippen LogP contribution is -2.67. The van der Waals surface area contributed by atoms with Crippen molar-refractivity contribution in [2.24, 2.45) is 17.8 Å². The van der Waals surface area contributed by atoms with E-state index in [1.165, 1.54) is 19.3 Å². The van der Waals surface area contributed by atoms with E-state index in [4.69, 9.17) is 15.0 Å². The van der Waals surface area contributed by atoms with Crippen LogP contribution in [0.15, 0.2) is 0 Å². The zero-order valence-electron chi connectivity index (χ0n) is 33.9. The Morgan fingerprint density at radius 1 is 0.458 bits per heavy atom. The number of rotatable bonds is 12. The predicted molar refractivity (Wildman–Crippen MR) is 204 cm³/mol. The molecule has 1 aromatic heterocycles. The fraction of sp³-hybridized carbons (Fsp3) is 0.923. The Balaban J connectivity index is 1.87. The van der Waals surface area contributed by atoms with Crippen molar-refractivity contribution in [2.75, 3.05) is 16.3 Å². The van der Waals surface area contributed by atoms with E-state index in [2.05, 4.69) is 135 Å². The molecule has 0 aliphatic carbocycles. The van der Waals surface area contributed by atoms with E-state index in [0.717, 1.165) is 57.8 Å². The Morgan fingerprint density at radius 2 is 0.688 bits per heavy atom. The van der Waals surface area contributed by atoms with Crippen molar-refractivity contribution in [3.63, 3.8) is 0 Å². The third-order valence-electron chi connectivity index (χ3n) is 15.4. The Kier molecular flexibility index (Phi) is 11.5. The predicted octanol–water partition coefficient (Wildman–Crippen LogP) is 10.1. The van der Waals surface area contributed by atoms with Crippen LogP contribution in [0.25, 0.3) is 0 Å². The van der Waals surface area contributed by atoms with Crippen molar-refractivity contribution < 1.29 is 0 Å². The van der Waals surface area contributed by atoms with Crippen LogP contribution in [-0.4, -0.2) is 63.2 Å². The van der Waals surface area contributed by atoms with Crippen LogP contribution >= 0.6 is 0 Å². The molecular weight excluding hydrogens is 594 g/mol. The lowest BCUT2D eigenvalue weighted by Gasteiger charge is -2.58. The molecule has 3 N–H and O–H groups in total. The molecule has 9 nitrogen and oxygen atoms in total. The first-order chi connectivity index (χ1) is 22.4. The summed E-state index contributed by atoms with van der Waals surface area (Å²) in [6.07, 6.45) is 13.4. The minimum atomic E-state index is -0.0371. The third kappa shape index (κ3) is 6.58. The van der Waals surface area contributed by atoms with Gasteiger partial charge in [0.2, 0.25) is 17.8 Å². The highest BCUT2D eigenvalue weighted by Gasteiger charge is 2.52. The first kappa shape index (κ1) is 39.1. The smallest absolute Gasteiger partial charge is 0.244 e. The summed E-state index contributed by atoms with van der Waals surface area (Å²) in [5.74, 6) is 3.44. The molecule has 0 saturated carbocycles. The molecule has 48 heavy (non-hydrogen) atoms. The van der Waals surface area contributed by atoms with Gasteiger partial charge in [-0.05, 0) is 136 Å². The topological polar surface area (TPSA) is 84.5 Å². The quantitative estimate of drug-likeness (QED) is 0.201. The van der Waals surface area contributed by atoms with Gasteiger partial charge in [0.05, 0.1) is 0 Å². The number of hydrogen-bond donors (Lipinski definition) is 3. The summed E-state index contributed by atoms with van der Waals surface area (Å²) in [5.41, 5.74) is 11.4. The van der Waals surface area contributed by atoms with Gasteiger partial charge in [-0.1, -0.05) is 62.3 Å². The Labute approximate surface area is 295 Å². The Bertz CT molecular complexity index is 1080. The molecular formula is C39H75N9. The normalized spacial score (nSPS) is 41.7. The first-order valence-corrected chi connectivity index (χ1v) is 19.9. The molecule has 3 fully saturated rings. The van der Waals surface area contributed by atoms with Gasteiger partial charge in [-0.2, -0.15) is 15.0 Å². The van der Waals surface area contributed by atoms with Gasteiger partial charge in [-0.15, -0.1) is 0 Å². The standard InChI is InChI=1S/C39H75N9/c1-16-34(10)25-22-28(7)37(13,19-4)46(34)43-31-40-32(44-47-35(11,17-2)26-23-29(8)38(47,14)20-5)42-33(41-31)45-48-36(12,18-3)27-24-30(9)39(48,15)21-6/h28-30H,16-27H2,1-15H3,(H3,40,41,42,43,44,45). The molecule has 276 valence electrons. The summed E-state index contributed by atoms with van der Waals surface area (Å²) in [6, 6.07) is 0. The average molecular weight is 670 g/mol. The molecule has 9 unspecified atom stereocenters. The van der Waals surface area contributed by atoms with Crippen LogP contribution in [0.3, 0.4) is 0 Å². The molecule has 9 atom stereocenters. The van der Waals surface area contributed by atoms with Crippen molar-refractivity contribution >= 4 is 17.8 Å². The van der Waals surface area contributed by atoms with E-state index in [1.807, 2.05) is 0 Å². The molecule has 0 amide bonds. The molecule has 4 heterocycles. The Hall–Kier alpha value is -1.71. The van der Waals surface area contributed by atoms with Gasteiger partial charge in [0.25, 0.3) is 0 Å². The van der Waals surface area contributed by atoms with E-state index >= 15 is 0 Å². The number of nitrogens with zero attached hydrogens (tertiary/aromatic N) is 6. The molecule has 3 aliphatic heterocycles. The van der Waals surface area contributed by atoms with Crippen molar-refractivity contribution in [2.45, 2.75) is 214 Å². The second-order valence-corrected chi connectivity index (χ2v) is 17.7. The number of nitrogens with one attached hydrogen (secondary N) is 3. The first-order valence-electron chi connectivity index (χ1n) is 19.9. The number of hydrogen-bond acceptors (Lipinski definition) is 9. The molecule has 0 radical (unpaired) electrons. The summed E-state index contributed by atoms with van der Waals surface area (Å²) in [6.45, 7) is 35.6. The highest BCUT2D eigenvalue weighted by Crippen LogP contribution is 2.48. The van der Waals surface area contributed by atoms with E-state index in [9.17, 15) is 0 Å². The van der Waals surface area contributed by atoms with Gasteiger partial charge in [0, 0.05) is 33.2 Å².